The number of ketones is 1. The molecule has 0 spiro atoms. The van der Waals surface area contributed by atoms with E-state index < -0.39 is 0 Å². The molecule has 0 aliphatic rings. The average Bonchev–Trinajstić information content (AvgIpc) is 2.43. The predicted octanol–water partition coefficient (Wildman–Crippen LogP) is 2.83. The van der Waals surface area contributed by atoms with Gasteiger partial charge in [-0.1, -0.05) is 13.8 Å². The zero-order chi connectivity index (χ0) is 16.7. The molecule has 0 aromatic heterocycles. The van der Waals surface area contributed by atoms with Gasteiger partial charge in [0.15, 0.2) is 23.9 Å². The van der Waals surface area contributed by atoms with Gasteiger partial charge in [0.25, 0.3) is 5.91 Å². The van der Waals surface area contributed by atoms with Crippen molar-refractivity contribution in [3.8, 4) is 11.5 Å². The molecule has 0 radical (unpaired) electrons. The van der Waals surface area contributed by atoms with Crippen LogP contribution in [0.3, 0.4) is 0 Å². The lowest BCUT2D eigenvalue weighted by molar-refractivity contribution is -0.123. The molecule has 1 N–H and O–H groups in total. The van der Waals surface area contributed by atoms with Gasteiger partial charge < -0.3 is 14.8 Å². The zero-order valence-electron chi connectivity index (χ0n) is 13.9. The number of ether oxygens (including phenoxy) is 2. The van der Waals surface area contributed by atoms with Gasteiger partial charge in [0.05, 0.1) is 7.11 Å². The SMILES string of the molecule is COc1cc(C(C)=O)ccc1OCC(=O)NC(C)CC(C)C. The molecule has 0 saturated carbocycles. The number of carbonyl (C=O) groups is 2. The minimum atomic E-state index is -0.175. The van der Waals surface area contributed by atoms with Crippen molar-refractivity contribution in [1.82, 2.24) is 5.32 Å². The van der Waals surface area contributed by atoms with Gasteiger partial charge in [-0.3, -0.25) is 9.59 Å². The molecule has 5 heteroatoms. The highest BCUT2D eigenvalue weighted by Gasteiger charge is 2.12. The molecule has 1 atom stereocenters. The number of hydrogen-bond donors (Lipinski definition) is 1. The average molecular weight is 307 g/mol. The lowest BCUT2D eigenvalue weighted by Gasteiger charge is -2.16. The molecule has 1 aromatic rings. The van der Waals surface area contributed by atoms with Crippen molar-refractivity contribution in [2.45, 2.75) is 40.2 Å². The van der Waals surface area contributed by atoms with Crippen LogP contribution in [-0.2, 0) is 4.79 Å². The van der Waals surface area contributed by atoms with Crippen molar-refractivity contribution in [2.75, 3.05) is 13.7 Å². The largest absolute Gasteiger partial charge is 0.493 e. The van der Waals surface area contributed by atoms with E-state index in [0.29, 0.717) is 23.0 Å². The zero-order valence-corrected chi connectivity index (χ0v) is 13.9. The number of benzene rings is 1. The number of amides is 1. The van der Waals surface area contributed by atoms with Crippen molar-refractivity contribution >= 4 is 11.7 Å². The first kappa shape index (κ1) is 18.0. The third kappa shape index (κ3) is 5.76. The van der Waals surface area contributed by atoms with E-state index in [1.807, 2.05) is 6.92 Å². The second-order valence-electron chi connectivity index (χ2n) is 5.81. The Bertz CT molecular complexity index is 525. The molecule has 0 saturated heterocycles. The van der Waals surface area contributed by atoms with Crippen LogP contribution in [0.4, 0.5) is 0 Å². The molecule has 1 rings (SSSR count). The summed E-state index contributed by atoms with van der Waals surface area (Å²) in [6, 6.07) is 5.01. The van der Waals surface area contributed by atoms with Crippen molar-refractivity contribution in [3.05, 3.63) is 23.8 Å². The Balaban J connectivity index is 2.60. The number of Topliss-reactive ketones (excluding diaryl/α,β-unsaturated/α-hetero) is 1. The van der Waals surface area contributed by atoms with E-state index >= 15 is 0 Å². The first-order valence-electron chi connectivity index (χ1n) is 7.44. The van der Waals surface area contributed by atoms with Gasteiger partial charge in [-0.2, -0.15) is 0 Å². The van der Waals surface area contributed by atoms with E-state index in [-0.39, 0.29) is 24.3 Å². The third-order valence-corrected chi connectivity index (χ3v) is 3.16. The Morgan fingerprint density at radius 1 is 1.18 bits per heavy atom. The van der Waals surface area contributed by atoms with Crippen molar-refractivity contribution in [1.29, 1.82) is 0 Å². The fourth-order valence-electron chi connectivity index (χ4n) is 2.23. The molecule has 1 amide bonds. The Kier molecular flexibility index (Phi) is 6.89. The van der Waals surface area contributed by atoms with Crippen LogP contribution in [0.1, 0.15) is 44.5 Å². The number of carbonyl (C=O) groups excluding carboxylic acids is 2. The summed E-state index contributed by atoms with van der Waals surface area (Å²) in [5.41, 5.74) is 0.541. The Hall–Kier alpha value is -2.04. The van der Waals surface area contributed by atoms with Crippen LogP contribution in [0.15, 0.2) is 18.2 Å². The van der Waals surface area contributed by atoms with Crippen LogP contribution in [0.2, 0.25) is 0 Å². The highest BCUT2D eigenvalue weighted by atomic mass is 16.5. The Morgan fingerprint density at radius 3 is 2.41 bits per heavy atom. The highest BCUT2D eigenvalue weighted by molar-refractivity contribution is 5.94. The van der Waals surface area contributed by atoms with Gasteiger partial charge >= 0.3 is 0 Å². The van der Waals surface area contributed by atoms with Crippen LogP contribution in [-0.4, -0.2) is 31.4 Å². The number of hydrogen-bond acceptors (Lipinski definition) is 4. The van der Waals surface area contributed by atoms with Crippen LogP contribution >= 0.6 is 0 Å². The smallest absolute Gasteiger partial charge is 0.258 e. The maximum atomic E-state index is 11.9. The highest BCUT2D eigenvalue weighted by Crippen LogP contribution is 2.28. The summed E-state index contributed by atoms with van der Waals surface area (Å²) in [5, 5.41) is 2.89. The van der Waals surface area contributed by atoms with Gasteiger partial charge in [0, 0.05) is 11.6 Å². The predicted molar refractivity (Wildman–Crippen MR) is 85.6 cm³/mol. The van der Waals surface area contributed by atoms with Crippen LogP contribution in [0, 0.1) is 5.92 Å². The van der Waals surface area contributed by atoms with Crippen LogP contribution in [0.25, 0.3) is 0 Å². The van der Waals surface area contributed by atoms with Gasteiger partial charge in [-0.05, 0) is 44.4 Å². The molecule has 22 heavy (non-hydrogen) atoms. The first-order valence-corrected chi connectivity index (χ1v) is 7.44. The van der Waals surface area contributed by atoms with Crippen molar-refractivity contribution in [3.63, 3.8) is 0 Å². The van der Waals surface area contributed by atoms with Crippen LogP contribution < -0.4 is 14.8 Å². The van der Waals surface area contributed by atoms with Crippen molar-refractivity contribution in [2.24, 2.45) is 5.92 Å². The quantitative estimate of drug-likeness (QED) is 0.750. The monoisotopic (exact) mass is 307 g/mol. The summed E-state index contributed by atoms with van der Waals surface area (Å²) in [4.78, 5) is 23.2. The standard InChI is InChI=1S/C17H25NO4/c1-11(2)8-12(3)18-17(20)10-22-15-7-6-14(13(4)19)9-16(15)21-5/h6-7,9,11-12H,8,10H2,1-5H3,(H,18,20). The maximum absolute atomic E-state index is 11.9. The Labute approximate surface area is 132 Å². The van der Waals surface area contributed by atoms with E-state index in [4.69, 9.17) is 9.47 Å². The first-order chi connectivity index (χ1) is 10.3. The topological polar surface area (TPSA) is 64.6 Å². The molecule has 0 bridgehead atoms. The molecule has 122 valence electrons. The van der Waals surface area contributed by atoms with Gasteiger partial charge in [-0.15, -0.1) is 0 Å². The summed E-state index contributed by atoms with van der Waals surface area (Å²) in [6.07, 6.45) is 0.919. The molecule has 5 nitrogen and oxygen atoms in total. The molecule has 1 aromatic carbocycles. The minimum Gasteiger partial charge on any atom is -0.493 e. The molecule has 1 unspecified atom stereocenters. The molecule has 0 aliphatic heterocycles. The van der Waals surface area contributed by atoms with E-state index in [0.717, 1.165) is 6.42 Å². The summed E-state index contributed by atoms with van der Waals surface area (Å²) in [7, 11) is 1.50. The van der Waals surface area contributed by atoms with E-state index in [2.05, 4.69) is 19.2 Å². The molecular formula is C17H25NO4. The Morgan fingerprint density at radius 2 is 1.86 bits per heavy atom. The fourth-order valence-corrected chi connectivity index (χ4v) is 2.23. The second-order valence-corrected chi connectivity index (χ2v) is 5.81. The van der Waals surface area contributed by atoms with Gasteiger partial charge in [-0.25, -0.2) is 0 Å². The van der Waals surface area contributed by atoms with Crippen LogP contribution in [0.5, 0.6) is 11.5 Å². The number of methoxy groups -OCH3 is 1. The van der Waals surface area contributed by atoms with E-state index in [1.165, 1.54) is 14.0 Å². The minimum absolute atomic E-state index is 0.0508. The fraction of sp³-hybridized carbons (Fsp3) is 0.529. The van der Waals surface area contributed by atoms with E-state index in [1.54, 1.807) is 18.2 Å². The molecular weight excluding hydrogens is 282 g/mol. The second kappa shape index (κ2) is 8.41. The summed E-state index contributed by atoms with van der Waals surface area (Å²) in [6.45, 7) is 7.60. The number of rotatable bonds is 8. The summed E-state index contributed by atoms with van der Waals surface area (Å²) >= 11 is 0. The lowest BCUT2D eigenvalue weighted by Crippen LogP contribution is -2.36. The van der Waals surface area contributed by atoms with Crippen molar-refractivity contribution < 1.29 is 19.1 Å². The lowest BCUT2D eigenvalue weighted by atomic mass is 10.1. The number of nitrogens with one attached hydrogen (secondary N) is 1. The maximum Gasteiger partial charge on any atom is 0.258 e. The molecule has 0 heterocycles. The van der Waals surface area contributed by atoms with Gasteiger partial charge in [0.2, 0.25) is 0 Å². The summed E-state index contributed by atoms with van der Waals surface area (Å²) < 4.78 is 10.7. The normalized spacial score (nSPS) is 11.9. The third-order valence-electron chi connectivity index (χ3n) is 3.16. The summed E-state index contributed by atoms with van der Waals surface area (Å²) in [5.74, 6) is 1.18. The van der Waals surface area contributed by atoms with E-state index in [9.17, 15) is 9.59 Å². The molecule has 0 fully saturated rings. The van der Waals surface area contributed by atoms with Gasteiger partial charge in [0.1, 0.15) is 0 Å². The molecule has 0 aliphatic carbocycles.